The number of rotatable bonds is 11. The van der Waals surface area contributed by atoms with E-state index in [2.05, 4.69) is 45.4 Å². The Morgan fingerprint density at radius 3 is 2.05 bits per heavy atom. The SMILES string of the molecule is CCCCCCCCc1c(CCCC)cs[c]1[Sn]([CH3])([CH3])[CH3]. The summed E-state index contributed by atoms with van der Waals surface area (Å²) in [7, 11) is 0. The Morgan fingerprint density at radius 2 is 1.43 bits per heavy atom. The van der Waals surface area contributed by atoms with E-state index in [0.29, 0.717) is 0 Å². The normalized spacial score (nSPS) is 12.0. The summed E-state index contributed by atoms with van der Waals surface area (Å²) in [5.74, 6) is 0. The van der Waals surface area contributed by atoms with Crippen molar-refractivity contribution in [2.24, 2.45) is 0 Å². The van der Waals surface area contributed by atoms with Crippen LogP contribution in [0.5, 0.6) is 0 Å². The molecule has 0 aromatic carbocycles. The van der Waals surface area contributed by atoms with Crippen LogP contribution in [-0.2, 0) is 12.8 Å². The van der Waals surface area contributed by atoms with Crippen LogP contribution >= 0.6 is 11.3 Å². The first-order chi connectivity index (χ1) is 10.0. The van der Waals surface area contributed by atoms with Crippen LogP contribution in [0.4, 0.5) is 0 Å². The molecule has 0 N–H and O–H groups in total. The Hall–Kier alpha value is 0.499. The molecular weight excluding hydrogens is 379 g/mol. The van der Waals surface area contributed by atoms with Crippen LogP contribution < -0.4 is 2.89 Å². The van der Waals surface area contributed by atoms with Gasteiger partial charge in [0.2, 0.25) is 0 Å². The molecule has 0 nitrogen and oxygen atoms in total. The third kappa shape index (κ3) is 7.07. The molecule has 0 unspecified atom stereocenters. The molecule has 2 heteroatoms. The minimum atomic E-state index is -1.91. The van der Waals surface area contributed by atoms with Crippen LogP contribution in [-0.4, -0.2) is 18.4 Å². The summed E-state index contributed by atoms with van der Waals surface area (Å²) in [4.78, 5) is 7.73. The molecule has 0 spiro atoms. The minimum absolute atomic E-state index is 1.32. The molecule has 1 rings (SSSR count). The molecule has 1 aromatic rings. The average Bonchev–Trinajstić information content (AvgIpc) is 2.83. The predicted molar refractivity (Wildman–Crippen MR) is 103 cm³/mol. The molecule has 122 valence electrons. The number of unbranched alkanes of at least 4 members (excludes halogenated alkanes) is 6. The van der Waals surface area contributed by atoms with Gasteiger partial charge >= 0.3 is 142 Å². The average molecular weight is 415 g/mol. The van der Waals surface area contributed by atoms with Gasteiger partial charge in [-0.3, -0.25) is 0 Å². The first-order valence-electron chi connectivity index (χ1n) is 9.10. The summed E-state index contributed by atoms with van der Waals surface area (Å²) in [5, 5.41) is 2.50. The van der Waals surface area contributed by atoms with Gasteiger partial charge in [0, 0.05) is 0 Å². The fraction of sp³-hybridized carbons (Fsp3) is 0.789. The summed E-state index contributed by atoms with van der Waals surface area (Å²) >= 11 is 0.187. The molecule has 0 atom stereocenters. The summed E-state index contributed by atoms with van der Waals surface area (Å²) in [6.07, 6.45) is 13.9. The Morgan fingerprint density at radius 1 is 0.810 bits per heavy atom. The summed E-state index contributed by atoms with van der Waals surface area (Å²) in [5.41, 5.74) is 3.50. The number of hydrogen-bond donors (Lipinski definition) is 0. The molecule has 21 heavy (non-hydrogen) atoms. The molecule has 0 radical (unpaired) electrons. The summed E-state index contributed by atoms with van der Waals surface area (Å²) in [6.45, 7) is 4.61. The third-order valence-electron chi connectivity index (χ3n) is 4.24. The zero-order chi connectivity index (χ0) is 15.7. The van der Waals surface area contributed by atoms with Gasteiger partial charge in [0.25, 0.3) is 0 Å². The van der Waals surface area contributed by atoms with Crippen LogP contribution in [0.15, 0.2) is 5.38 Å². The maximum absolute atomic E-state index is 2.58. The van der Waals surface area contributed by atoms with Crippen molar-refractivity contribution in [2.45, 2.75) is 92.9 Å². The molecule has 1 heterocycles. The van der Waals surface area contributed by atoms with Crippen LogP contribution in [0.2, 0.25) is 14.8 Å². The zero-order valence-electron chi connectivity index (χ0n) is 15.1. The Labute approximate surface area is 141 Å². The Balaban J connectivity index is 2.61. The van der Waals surface area contributed by atoms with Gasteiger partial charge in [-0.15, -0.1) is 0 Å². The van der Waals surface area contributed by atoms with E-state index in [1.165, 1.54) is 64.2 Å². The van der Waals surface area contributed by atoms with E-state index in [0.717, 1.165) is 0 Å². The summed E-state index contributed by atoms with van der Waals surface area (Å²) in [6, 6.07) is 0. The monoisotopic (exact) mass is 416 g/mol. The second-order valence-corrected chi connectivity index (χ2v) is 23.6. The van der Waals surface area contributed by atoms with Gasteiger partial charge in [-0.25, -0.2) is 0 Å². The van der Waals surface area contributed by atoms with E-state index in [9.17, 15) is 0 Å². The van der Waals surface area contributed by atoms with E-state index in [-0.39, 0.29) is 0 Å². The molecule has 0 saturated heterocycles. The first-order valence-corrected chi connectivity index (χ1v) is 20.0. The number of thiophene rings is 1. The molecule has 0 saturated carbocycles. The standard InChI is InChI=1S/C16H27S.3CH3.Sn/c1-3-5-7-8-9-10-12-16-14-17-13-15(16)11-6-4-2;;;;/h13H,3-12H2,1-2H3;3*1H3;. The second kappa shape index (κ2) is 10.3. The third-order valence-corrected chi connectivity index (χ3v) is 15.0. The quantitative estimate of drug-likeness (QED) is 0.284. The first kappa shape index (κ1) is 19.5. The topological polar surface area (TPSA) is 0 Å². The Bertz CT molecular complexity index is 387. The van der Waals surface area contributed by atoms with Crippen LogP contribution in [0, 0.1) is 0 Å². The van der Waals surface area contributed by atoms with Crippen LogP contribution in [0.1, 0.15) is 76.3 Å². The van der Waals surface area contributed by atoms with Gasteiger partial charge < -0.3 is 0 Å². The molecule has 0 aliphatic rings. The van der Waals surface area contributed by atoms with Crippen molar-refractivity contribution in [3.05, 3.63) is 16.5 Å². The van der Waals surface area contributed by atoms with Gasteiger partial charge in [0.1, 0.15) is 0 Å². The van der Waals surface area contributed by atoms with E-state index in [1.807, 2.05) is 2.89 Å². The summed E-state index contributed by atoms with van der Waals surface area (Å²) < 4.78 is 1.85. The van der Waals surface area contributed by atoms with E-state index < -0.39 is 18.4 Å². The molecule has 0 bridgehead atoms. The molecule has 0 fully saturated rings. The van der Waals surface area contributed by atoms with Gasteiger partial charge in [-0.2, -0.15) is 0 Å². The van der Waals surface area contributed by atoms with Crippen molar-refractivity contribution in [3.8, 4) is 0 Å². The molecule has 0 amide bonds. The fourth-order valence-corrected chi connectivity index (χ4v) is 11.2. The van der Waals surface area contributed by atoms with Crippen molar-refractivity contribution in [1.29, 1.82) is 0 Å². The van der Waals surface area contributed by atoms with Gasteiger partial charge in [0.05, 0.1) is 0 Å². The van der Waals surface area contributed by atoms with Crippen molar-refractivity contribution >= 4 is 32.6 Å². The second-order valence-electron chi connectivity index (χ2n) is 7.44. The van der Waals surface area contributed by atoms with Crippen molar-refractivity contribution in [2.75, 3.05) is 0 Å². The van der Waals surface area contributed by atoms with Crippen molar-refractivity contribution in [1.82, 2.24) is 0 Å². The fourth-order valence-electron chi connectivity index (χ4n) is 2.98. The molecule has 0 aliphatic heterocycles. The number of hydrogen-bond acceptors (Lipinski definition) is 1. The molecular formula is C19H36SSn. The van der Waals surface area contributed by atoms with Gasteiger partial charge in [0.15, 0.2) is 0 Å². The van der Waals surface area contributed by atoms with E-state index in [1.54, 1.807) is 11.1 Å². The number of aryl methyl sites for hydroxylation is 1. The Kier molecular flexibility index (Phi) is 9.59. The maximum atomic E-state index is 2.58. The van der Waals surface area contributed by atoms with Crippen LogP contribution in [0.3, 0.4) is 0 Å². The van der Waals surface area contributed by atoms with Gasteiger partial charge in [-0.05, 0) is 0 Å². The van der Waals surface area contributed by atoms with Crippen LogP contribution in [0.25, 0.3) is 0 Å². The van der Waals surface area contributed by atoms with E-state index >= 15 is 0 Å². The molecule has 1 aromatic heterocycles. The van der Waals surface area contributed by atoms with E-state index in [4.69, 9.17) is 0 Å². The van der Waals surface area contributed by atoms with Gasteiger partial charge in [-0.1, -0.05) is 0 Å². The zero-order valence-corrected chi connectivity index (χ0v) is 18.7. The molecule has 0 aliphatic carbocycles. The predicted octanol–water partition coefficient (Wildman–Crippen LogP) is 6.54. The van der Waals surface area contributed by atoms with Crippen molar-refractivity contribution in [3.63, 3.8) is 0 Å². The van der Waals surface area contributed by atoms with Crippen molar-refractivity contribution < 1.29 is 0 Å².